The summed E-state index contributed by atoms with van der Waals surface area (Å²) in [5, 5.41) is 8.18. The Morgan fingerprint density at radius 1 is 0.903 bits per heavy atom. The molecule has 1 N–H and O–H groups in total. The summed E-state index contributed by atoms with van der Waals surface area (Å²) in [7, 11) is 0. The molecule has 4 rings (SSSR count). The zero-order valence-corrected chi connectivity index (χ0v) is 18.8. The van der Waals surface area contributed by atoms with E-state index in [0.717, 1.165) is 22.0 Å². The molecule has 1 aliphatic rings. The molecule has 0 radical (unpaired) electrons. The van der Waals surface area contributed by atoms with E-state index in [9.17, 15) is 14.4 Å². The molecule has 0 fully saturated rings. The van der Waals surface area contributed by atoms with Gasteiger partial charge in [0.05, 0.1) is 22.7 Å². The van der Waals surface area contributed by atoms with Crippen LogP contribution in [0.4, 0.5) is 5.69 Å². The molecular formula is C25H22BrNO4. The molecule has 0 saturated heterocycles. The maximum absolute atomic E-state index is 12.6. The number of carbonyl (C=O) groups excluding carboxylic acids is 2. The lowest BCUT2D eigenvalue weighted by molar-refractivity contribution is -0.141. The number of anilines is 1. The van der Waals surface area contributed by atoms with E-state index < -0.39 is 5.97 Å². The fourth-order valence-corrected chi connectivity index (χ4v) is 3.69. The number of carboxylic acids is 1. The largest absolute Gasteiger partial charge is 0.481 e. The van der Waals surface area contributed by atoms with Crippen molar-refractivity contribution in [3.63, 3.8) is 0 Å². The summed E-state index contributed by atoms with van der Waals surface area (Å²) in [5.74, 6) is -1.45. The molecule has 1 unspecified atom stereocenters. The Morgan fingerprint density at radius 3 is 1.90 bits per heavy atom. The molecule has 6 heteroatoms. The lowest BCUT2D eigenvalue weighted by Gasteiger charge is -2.15. The normalized spacial score (nSPS) is 13.3. The Labute approximate surface area is 189 Å². The molecule has 0 bridgehead atoms. The van der Waals surface area contributed by atoms with Crippen molar-refractivity contribution < 1.29 is 19.5 Å². The number of rotatable bonds is 4. The van der Waals surface area contributed by atoms with Crippen molar-refractivity contribution in [1.82, 2.24) is 0 Å². The van der Waals surface area contributed by atoms with Crippen LogP contribution in [-0.4, -0.2) is 22.9 Å². The van der Waals surface area contributed by atoms with Gasteiger partial charge in [-0.15, -0.1) is 0 Å². The molecule has 0 saturated carbocycles. The molecular weight excluding hydrogens is 458 g/mol. The highest BCUT2D eigenvalue weighted by Crippen LogP contribution is 2.34. The second-order valence-electron chi connectivity index (χ2n) is 7.17. The lowest BCUT2D eigenvalue weighted by atomic mass is 10.1. The van der Waals surface area contributed by atoms with Crippen LogP contribution in [-0.2, 0) is 4.79 Å². The summed E-state index contributed by atoms with van der Waals surface area (Å²) in [6, 6.07) is 22.4. The number of benzene rings is 3. The average Bonchev–Trinajstić information content (AvgIpc) is 3.04. The highest BCUT2D eigenvalue weighted by atomic mass is 79.9. The molecule has 0 spiro atoms. The first-order valence-electron chi connectivity index (χ1n) is 9.90. The number of hydrogen-bond donors (Lipinski definition) is 1. The van der Waals surface area contributed by atoms with Crippen molar-refractivity contribution in [2.45, 2.75) is 20.3 Å². The first-order chi connectivity index (χ1) is 14.8. The van der Waals surface area contributed by atoms with Crippen molar-refractivity contribution in [3.05, 3.63) is 88.4 Å². The summed E-state index contributed by atoms with van der Waals surface area (Å²) in [6.07, 6.45) is 0.718. The van der Waals surface area contributed by atoms with Gasteiger partial charge in [-0.25, -0.2) is 4.90 Å². The second kappa shape index (κ2) is 9.71. The predicted octanol–water partition coefficient (Wildman–Crippen LogP) is 6.03. The van der Waals surface area contributed by atoms with Gasteiger partial charge in [-0.05, 0) is 41.8 Å². The van der Waals surface area contributed by atoms with Gasteiger partial charge in [0.25, 0.3) is 11.8 Å². The summed E-state index contributed by atoms with van der Waals surface area (Å²) in [5.41, 5.74) is 3.54. The Balaban J connectivity index is 0.000000339. The fourth-order valence-electron chi connectivity index (χ4n) is 3.09. The molecule has 1 heterocycles. The van der Waals surface area contributed by atoms with Crippen molar-refractivity contribution in [2.24, 2.45) is 5.92 Å². The zero-order chi connectivity index (χ0) is 22.5. The van der Waals surface area contributed by atoms with Gasteiger partial charge in [0.2, 0.25) is 0 Å². The van der Waals surface area contributed by atoms with Gasteiger partial charge in [-0.2, -0.15) is 0 Å². The molecule has 3 aromatic carbocycles. The standard InChI is InChI=1S/C20H12BrNO2.C5H10O2/c21-18-12-14(10-11-15(18)13-6-2-1-3-7-13)22-19(23)16-8-4-5-9-17(16)20(22)24;1-3-4(2)5(6)7/h1-12H;4H,3H2,1-2H3,(H,6,7). The van der Waals surface area contributed by atoms with Crippen LogP contribution in [0.5, 0.6) is 0 Å². The number of carboxylic acid groups (broad SMARTS) is 1. The van der Waals surface area contributed by atoms with Crippen molar-refractivity contribution in [3.8, 4) is 11.1 Å². The minimum atomic E-state index is -0.706. The number of carbonyl (C=O) groups is 3. The van der Waals surface area contributed by atoms with Gasteiger partial charge in [0, 0.05) is 4.47 Å². The first kappa shape index (κ1) is 22.4. The second-order valence-corrected chi connectivity index (χ2v) is 8.02. The average molecular weight is 480 g/mol. The minimum Gasteiger partial charge on any atom is -0.481 e. The Morgan fingerprint density at radius 2 is 1.45 bits per heavy atom. The van der Waals surface area contributed by atoms with Crippen molar-refractivity contribution in [1.29, 1.82) is 0 Å². The predicted molar refractivity (Wildman–Crippen MR) is 124 cm³/mol. The molecule has 0 aromatic heterocycles. The van der Waals surface area contributed by atoms with Crippen LogP contribution < -0.4 is 4.90 Å². The molecule has 158 valence electrons. The quantitative estimate of drug-likeness (QED) is 0.463. The highest BCUT2D eigenvalue weighted by molar-refractivity contribution is 9.10. The summed E-state index contributed by atoms with van der Waals surface area (Å²) in [4.78, 5) is 36.3. The van der Waals surface area contributed by atoms with Crippen molar-refractivity contribution in [2.75, 3.05) is 4.90 Å². The van der Waals surface area contributed by atoms with Crippen LogP contribution in [0.3, 0.4) is 0 Å². The van der Waals surface area contributed by atoms with Crippen LogP contribution in [0.15, 0.2) is 77.3 Å². The number of imide groups is 1. The molecule has 3 aromatic rings. The van der Waals surface area contributed by atoms with Crippen molar-refractivity contribution >= 4 is 39.4 Å². The molecule has 0 aliphatic carbocycles. The summed E-state index contributed by atoms with van der Waals surface area (Å²) >= 11 is 3.56. The third-order valence-electron chi connectivity index (χ3n) is 5.12. The van der Waals surface area contributed by atoms with E-state index in [0.29, 0.717) is 16.8 Å². The van der Waals surface area contributed by atoms with Gasteiger partial charge in [-0.3, -0.25) is 14.4 Å². The van der Waals surface area contributed by atoms with E-state index in [1.807, 2.05) is 49.4 Å². The van der Waals surface area contributed by atoms with Gasteiger partial charge < -0.3 is 5.11 Å². The van der Waals surface area contributed by atoms with Gasteiger partial charge in [0.15, 0.2) is 0 Å². The van der Waals surface area contributed by atoms with E-state index in [1.165, 1.54) is 4.90 Å². The Bertz CT molecular complexity index is 1090. The third kappa shape index (κ3) is 4.75. The number of hydrogen-bond acceptors (Lipinski definition) is 3. The number of aliphatic carboxylic acids is 1. The van der Waals surface area contributed by atoms with E-state index in [1.54, 1.807) is 37.3 Å². The Kier molecular flexibility index (Phi) is 7.02. The van der Waals surface area contributed by atoms with Gasteiger partial charge in [-0.1, -0.05) is 78.3 Å². The minimum absolute atomic E-state index is 0.181. The molecule has 31 heavy (non-hydrogen) atoms. The van der Waals surface area contributed by atoms with E-state index in [-0.39, 0.29) is 17.7 Å². The molecule has 5 nitrogen and oxygen atoms in total. The van der Waals surface area contributed by atoms with E-state index >= 15 is 0 Å². The number of amides is 2. The first-order valence-corrected chi connectivity index (χ1v) is 10.7. The lowest BCUT2D eigenvalue weighted by Crippen LogP contribution is -2.29. The number of fused-ring (bicyclic) bond motifs is 1. The van der Waals surface area contributed by atoms with Crippen LogP contribution >= 0.6 is 15.9 Å². The Hall–Kier alpha value is -3.25. The summed E-state index contributed by atoms with van der Waals surface area (Å²) in [6.45, 7) is 3.56. The van der Waals surface area contributed by atoms with Crippen LogP contribution in [0.2, 0.25) is 0 Å². The van der Waals surface area contributed by atoms with E-state index in [2.05, 4.69) is 15.9 Å². The molecule has 1 aliphatic heterocycles. The SMILES string of the molecule is CCC(C)C(=O)O.O=C1c2ccccc2C(=O)N1c1ccc(-c2ccccc2)c(Br)c1. The third-order valence-corrected chi connectivity index (χ3v) is 5.78. The molecule has 1 atom stereocenters. The smallest absolute Gasteiger partial charge is 0.306 e. The van der Waals surface area contributed by atoms with Crippen LogP contribution in [0, 0.1) is 5.92 Å². The number of halogens is 1. The van der Waals surface area contributed by atoms with Crippen LogP contribution in [0.25, 0.3) is 11.1 Å². The molecule has 2 amide bonds. The zero-order valence-electron chi connectivity index (χ0n) is 17.2. The summed E-state index contributed by atoms with van der Waals surface area (Å²) < 4.78 is 0.836. The maximum Gasteiger partial charge on any atom is 0.306 e. The van der Waals surface area contributed by atoms with Crippen LogP contribution in [0.1, 0.15) is 41.0 Å². The van der Waals surface area contributed by atoms with E-state index in [4.69, 9.17) is 5.11 Å². The fraction of sp³-hybridized carbons (Fsp3) is 0.160. The van der Waals surface area contributed by atoms with Gasteiger partial charge in [0.1, 0.15) is 0 Å². The van der Waals surface area contributed by atoms with Gasteiger partial charge >= 0.3 is 5.97 Å². The topological polar surface area (TPSA) is 74.7 Å². The maximum atomic E-state index is 12.6. The monoisotopic (exact) mass is 479 g/mol. The number of nitrogens with zero attached hydrogens (tertiary/aromatic N) is 1. The highest BCUT2D eigenvalue weighted by Gasteiger charge is 2.36.